The number of nitrogens with zero attached hydrogens (tertiary/aromatic N) is 3. The maximum atomic E-state index is 10.6. The fourth-order valence-electron chi connectivity index (χ4n) is 3.01. The van der Waals surface area contributed by atoms with Gasteiger partial charge in [-0.05, 0) is 24.5 Å². The molecule has 3 rings (SSSR count). The van der Waals surface area contributed by atoms with Gasteiger partial charge in [-0.1, -0.05) is 37.3 Å². The molecule has 1 aromatic carbocycles. The van der Waals surface area contributed by atoms with E-state index in [0.717, 1.165) is 24.3 Å². The molecule has 6 nitrogen and oxygen atoms in total. The Morgan fingerprint density at radius 2 is 1.91 bits per heavy atom. The number of hydrogen-bond donors (Lipinski definition) is 0. The molecule has 1 aliphatic rings. The number of aryl methyl sites for hydroxylation is 1. The predicted octanol–water partition coefficient (Wildman–Crippen LogP) is 4.16. The lowest BCUT2D eigenvalue weighted by Gasteiger charge is -2.20. The molecule has 0 spiro atoms. The first-order valence-electron chi connectivity index (χ1n) is 7.80. The minimum atomic E-state index is -0.421. The molecule has 0 N–H and O–H groups in total. The fraction of sp³-hybridized carbons (Fsp3) is 0.500. The smallest absolute Gasteiger partial charge is 0.269 e. The van der Waals surface area contributed by atoms with Crippen molar-refractivity contribution in [1.29, 1.82) is 0 Å². The summed E-state index contributed by atoms with van der Waals surface area (Å²) in [5, 5.41) is 14.6. The molecule has 0 aliphatic heterocycles. The zero-order valence-electron chi connectivity index (χ0n) is 12.4. The van der Waals surface area contributed by atoms with Crippen LogP contribution in [-0.4, -0.2) is 15.1 Å². The van der Waals surface area contributed by atoms with Gasteiger partial charge in [-0.2, -0.15) is 4.98 Å². The van der Waals surface area contributed by atoms with E-state index in [1.54, 1.807) is 12.1 Å². The first kappa shape index (κ1) is 14.7. The van der Waals surface area contributed by atoms with E-state index in [1.807, 2.05) is 0 Å². The van der Waals surface area contributed by atoms with Crippen LogP contribution in [0.3, 0.4) is 0 Å². The topological polar surface area (TPSA) is 82.1 Å². The SMILES string of the molecule is O=[N+]([O-])c1ccc(-c2noc(CCC3CCCCC3)n2)cc1. The lowest BCUT2D eigenvalue weighted by molar-refractivity contribution is -0.384. The summed E-state index contributed by atoms with van der Waals surface area (Å²) in [6, 6.07) is 6.20. The molecule has 1 fully saturated rings. The van der Waals surface area contributed by atoms with Crippen molar-refractivity contribution in [2.45, 2.75) is 44.9 Å². The van der Waals surface area contributed by atoms with Crippen LogP contribution in [0, 0.1) is 16.0 Å². The molecule has 0 bridgehead atoms. The van der Waals surface area contributed by atoms with Crippen LogP contribution in [0.25, 0.3) is 11.4 Å². The summed E-state index contributed by atoms with van der Waals surface area (Å²) >= 11 is 0. The number of aromatic nitrogens is 2. The average Bonchev–Trinajstić information content (AvgIpc) is 3.03. The Bertz CT molecular complexity index is 630. The summed E-state index contributed by atoms with van der Waals surface area (Å²) in [6.45, 7) is 0. The number of rotatable bonds is 5. The van der Waals surface area contributed by atoms with Crippen LogP contribution in [0.5, 0.6) is 0 Å². The molecule has 0 radical (unpaired) electrons. The van der Waals surface area contributed by atoms with Crippen LogP contribution in [0.4, 0.5) is 5.69 Å². The van der Waals surface area contributed by atoms with Gasteiger partial charge in [0, 0.05) is 24.1 Å². The van der Waals surface area contributed by atoms with E-state index < -0.39 is 4.92 Å². The normalized spacial score (nSPS) is 15.8. The number of hydrogen-bond acceptors (Lipinski definition) is 5. The van der Waals surface area contributed by atoms with Crippen LogP contribution >= 0.6 is 0 Å². The summed E-state index contributed by atoms with van der Waals surface area (Å²) in [5.41, 5.74) is 0.794. The van der Waals surface area contributed by atoms with Gasteiger partial charge in [-0.25, -0.2) is 0 Å². The van der Waals surface area contributed by atoms with Crippen molar-refractivity contribution in [1.82, 2.24) is 10.1 Å². The molecule has 2 aromatic rings. The van der Waals surface area contributed by atoms with E-state index in [4.69, 9.17) is 4.52 Å². The highest BCUT2D eigenvalue weighted by molar-refractivity contribution is 5.56. The molecule has 22 heavy (non-hydrogen) atoms. The van der Waals surface area contributed by atoms with Crippen LogP contribution in [-0.2, 0) is 6.42 Å². The Morgan fingerprint density at radius 3 is 2.59 bits per heavy atom. The molecule has 1 saturated carbocycles. The van der Waals surface area contributed by atoms with Gasteiger partial charge < -0.3 is 4.52 Å². The predicted molar refractivity (Wildman–Crippen MR) is 81.3 cm³/mol. The van der Waals surface area contributed by atoms with Gasteiger partial charge >= 0.3 is 0 Å². The Balaban J connectivity index is 1.61. The second kappa shape index (κ2) is 6.68. The third-order valence-corrected chi connectivity index (χ3v) is 4.30. The van der Waals surface area contributed by atoms with Crippen molar-refractivity contribution in [3.05, 3.63) is 40.3 Å². The van der Waals surface area contributed by atoms with Crippen molar-refractivity contribution in [3.63, 3.8) is 0 Å². The molecule has 0 atom stereocenters. The Morgan fingerprint density at radius 1 is 1.18 bits per heavy atom. The lowest BCUT2D eigenvalue weighted by Crippen LogP contribution is -2.07. The molecule has 1 aliphatic carbocycles. The van der Waals surface area contributed by atoms with Gasteiger partial charge in [0.15, 0.2) is 0 Å². The van der Waals surface area contributed by atoms with Gasteiger partial charge in [0.2, 0.25) is 11.7 Å². The molecule has 116 valence electrons. The monoisotopic (exact) mass is 301 g/mol. The van der Waals surface area contributed by atoms with E-state index in [2.05, 4.69) is 10.1 Å². The number of benzene rings is 1. The van der Waals surface area contributed by atoms with Crippen molar-refractivity contribution in [2.24, 2.45) is 5.92 Å². The van der Waals surface area contributed by atoms with Crippen molar-refractivity contribution in [3.8, 4) is 11.4 Å². The third kappa shape index (κ3) is 3.50. The summed E-state index contributed by atoms with van der Waals surface area (Å²) in [6.07, 6.45) is 8.56. The van der Waals surface area contributed by atoms with Crippen LogP contribution in [0.1, 0.15) is 44.4 Å². The minimum Gasteiger partial charge on any atom is -0.339 e. The molecular weight excluding hydrogens is 282 g/mol. The molecule has 0 saturated heterocycles. The quantitative estimate of drug-likeness (QED) is 0.611. The lowest BCUT2D eigenvalue weighted by atomic mass is 9.86. The van der Waals surface area contributed by atoms with E-state index in [1.165, 1.54) is 44.2 Å². The van der Waals surface area contributed by atoms with Gasteiger partial charge in [0.1, 0.15) is 0 Å². The molecule has 6 heteroatoms. The van der Waals surface area contributed by atoms with Gasteiger partial charge in [-0.15, -0.1) is 0 Å². The number of non-ortho nitro benzene ring substituents is 1. The molecular formula is C16H19N3O3. The maximum absolute atomic E-state index is 10.6. The Hall–Kier alpha value is -2.24. The second-order valence-electron chi connectivity index (χ2n) is 5.86. The van der Waals surface area contributed by atoms with Gasteiger partial charge in [0.05, 0.1) is 4.92 Å². The van der Waals surface area contributed by atoms with Crippen molar-refractivity contribution < 1.29 is 9.45 Å². The number of nitro groups is 1. The van der Waals surface area contributed by atoms with Crippen LogP contribution in [0.2, 0.25) is 0 Å². The van der Waals surface area contributed by atoms with Crippen LogP contribution in [0.15, 0.2) is 28.8 Å². The van der Waals surface area contributed by atoms with E-state index in [9.17, 15) is 10.1 Å². The maximum Gasteiger partial charge on any atom is 0.269 e. The van der Waals surface area contributed by atoms with E-state index in [0.29, 0.717) is 11.7 Å². The Labute approximate surface area is 128 Å². The summed E-state index contributed by atoms with van der Waals surface area (Å²) in [4.78, 5) is 14.6. The van der Waals surface area contributed by atoms with Crippen molar-refractivity contribution in [2.75, 3.05) is 0 Å². The highest BCUT2D eigenvalue weighted by atomic mass is 16.6. The third-order valence-electron chi connectivity index (χ3n) is 4.30. The molecule has 1 heterocycles. The number of nitro benzene ring substituents is 1. The van der Waals surface area contributed by atoms with Gasteiger partial charge in [-0.3, -0.25) is 10.1 Å². The zero-order chi connectivity index (χ0) is 15.4. The molecule has 0 amide bonds. The summed E-state index contributed by atoms with van der Waals surface area (Å²) in [7, 11) is 0. The summed E-state index contributed by atoms with van der Waals surface area (Å²) in [5.74, 6) is 1.93. The standard InChI is InChI=1S/C16H19N3O3/c20-19(21)14-9-7-13(8-10-14)16-17-15(22-18-16)11-6-12-4-2-1-3-5-12/h7-10,12H,1-6,11H2. The highest BCUT2D eigenvalue weighted by Crippen LogP contribution is 2.27. The molecule has 1 aromatic heterocycles. The fourth-order valence-corrected chi connectivity index (χ4v) is 3.01. The Kier molecular flexibility index (Phi) is 4.46. The average molecular weight is 301 g/mol. The van der Waals surface area contributed by atoms with Crippen LogP contribution < -0.4 is 0 Å². The summed E-state index contributed by atoms with van der Waals surface area (Å²) < 4.78 is 5.29. The highest BCUT2D eigenvalue weighted by Gasteiger charge is 2.16. The van der Waals surface area contributed by atoms with E-state index >= 15 is 0 Å². The molecule has 0 unspecified atom stereocenters. The minimum absolute atomic E-state index is 0.0600. The van der Waals surface area contributed by atoms with E-state index in [-0.39, 0.29) is 5.69 Å². The largest absolute Gasteiger partial charge is 0.339 e. The first-order chi connectivity index (χ1) is 10.7. The first-order valence-corrected chi connectivity index (χ1v) is 7.80. The zero-order valence-corrected chi connectivity index (χ0v) is 12.4. The second-order valence-corrected chi connectivity index (χ2v) is 5.86. The van der Waals surface area contributed by atoms with Gasteiger partial charge in [0.25, 0.3) is 5.69 Å². The van der Waals surface area contributed by atoms with Crippen molar-refractivity contribution >= 4 is 5.69 Å².